The van der Waals surface area contributed by atoms with E-state index in [0.717, 1.165) is 18.5 Å². The summed E-state index contributed by atoms with van der Waals surface area (Å²) in [6.07, 6.45) is 2.90. The van der Waals surface area contributed by atoms with Crippen LogP contribution >= 0.6 is 0 Å². The Hall–Kier alpha value is -1.41. The molecule has 0 aliphatic carbocycles. The van der Waals surface area contributed by atoms with Crippen molar-refractivity contribution < 1.29 is 0 Å². The Morgan fingerprint density at radius 3 is 2.87 bits per heavy atom. The van der Waals surface area contributed by atoms with Crippen LogP contribution in [0.25, 0.3) is 10.9 Å². The van der Waals surface area contributed by atoms with Crippen LogP contribution in [0.5, 0.6) is 0 Å². The smallest absolute Gasteiger partial charge is 0.0704 e. The summed E-state index contributed by atoms with van der Waals surface area (Å²) in [5.74, 6) is 0.524. The largest absolute Gasteiger partial charge is 0.330 e. The van der Waals surface area contributed by atoms with E-state index < -0.39 is 0 Å². The van der Waals surface area contributed by atoms with Gasteiger partial charge in [-0.15, -0.1) is 0 Å². The van der Waals surface area contributed by atoms with Crippen LogP contribution in [-0.2, 0) is 6.42 Å². The fraction of sp³-hybridized carbons (Fsp3) is 0.308. The lowest BCUT2D eigenvalue weighted by molar-refractivity contribution is 0.595. The van der Waals surface area contributed by atoms with Gasteiger partial charge in [0, 0.05) is 11.6 Å². The Morgan fingerprint density at radius 2 is 2.07 bits per heavy atom. The molecule has 2 N–H and O–H groups in total. The molecule has 0 fully saturated rings. The fourth-order valence-electron chi connectivity index (χ4n) is 1.79. The third-order valence-electron chi connectivity index (χ3n) is 2.71. The predicted octanol–water partition coefficient (Wildman–Crippen LogP) is 2.37. The Bertz CT molecular complexity index is 446. The van der Waals surface area contributed by atoms with Gasteiger partial charge >= 0.3 is 0 Å². The molecule has 2 nitrogen and oxygen atoms in total. The van der Waals surface area contributed by atoms with Crippen molar-refractivity contribution in [2.24, 2.45) is 11.7 Å². The van der Waals surface area contributed by atoms with E-state index in [1.807, 2.05) is 18.3 Å². The van der Waals surface area contributed by atoms with Crippen LogP contribution in [0.15, 0.2) is 36.5 Å². The first-order valence-corrected chi connectivity index (χ1v) is 5.34. The normalized spacial score (nSPS) is 12.9. The molecule has 1 aromatic heterocycles. The molecule has 0 spiro atoms. The Kier molecular flexibility index (Phi) is 2.97. The first-order chi connectivity index (χ1) is 7.31. The Balaban J connectivity index is 2.42. The molecule has 1 heterocycles. The van der Waals surface area contributed by atoms with Crippen molar-refractivity contribution in [3.8, 4) is 0 Å². The van der Waals surface area contributed by atoms with Crippen LogP contribution in [0.3, 0.4) is 0 Å². The zero-order valence-corrected chi connectivity index (χ0v) is 8.98. The molecule has 2 rings (SSSR count). The zero-order chi connectivity index (χ0) is 10.7. The van der Waals surface area contributed by atoms with Gasteiger partial charge in [0.05, 0.1) is 5.52 Å². The van der Waals surface area contributed by atoms with Crippen LogP contribution in [0.2, 0.25) is 0 Å². The minimum absolute atomic E-state index is 0.524. The highest BCUT2D eigenvalue weighted by atomic mass is 14.6. The quantitative estimate of drug-likeness (QED) is 0.826. The van der Waals surface area contributed by atoms with Crippen LogP contribution in [0.4, 0.5) is 0 Å². The standard InChI is InChI=1S/C13H16N2/c1-10(9-14)8-11-6-7-15-13-5-3-2-4-12(11)13/h2-7,10H,8-9,14H2,1H3/t10-/m1/s1. The summed E-state index contributed by atoms with van der Waals surface area (Å²) in [6, 6.07) is 10.3. The number of aromatic nitrogens is 1. The first-order valence-electron chi connectivity index (χ1n) is 5.34. The summed E-state index contributed by atoms with van der Waals surface area (Å²) < 4.78 is 0. The van der Waals surface area contributed by atoms with Gasteiger partial charge in [-0.2, -0.15) is 0 Å². The molecule has 2 aromatic rings. The molecule has 0 radical (unpaired) electrons. The monoisotopic (exact) mass is 200 g/mol. The maximum Gasteiger partial charge on any atom is 0.0704 e. The average Bonchev–Trinajstić information content (AvgIpc) is 2.29. The topological polar surface area (TPSA) is 38.9 Å². The molecule has 0 saturated carbocycles. The second-order valence-corrected chi connectivity index (χ2v) is 4.03. The van der Waals surface area contributed by atoms with Crippen molar-refractivity contribution in [1.29, 1.82) is 0 Å². The van der Waals surface area contributed by atoms with Gasteiger partial charge in [0.2, 0.25) is 0 Å². The molecule has 15 heavy (non-hydrogen) atoms. The van der Waals surface area contributed by atoms with E-state index in [2.05, 4.69) is 30.1 Å². The molecule has 0 unspecified atom stereocenters. The third kappa shape index (κ3) is 2.16. The summed E-state index contributed by atoms with van der Waals surface area (Å²) >= 11 is 0. The molecule has 0 aliphatic heterocycles. The van der Waals surface area contributed by atoms with E-state index in [4.69, 9.17) is 5.73 Å². The van der Waals surface area contributed by atoms with Crippen LogP contribution < -0.4 is 5.73 Å². The average molecular weight is 200 g/mol. The van der Waals surface area contributed by atoms with Crippen molar-refractivity contribution >= 4 is 10.9 Å². The fourth-order valence-corrected chi connectivity index (χ4v) is 1.79. The number of nitrogens with zero attached hydrogens (tertiary/aromatic N) is 1. The number of para-hydroxylation sites is 1. The van der Waals surface area contributed by atoms with E-state index in [0.29, 0.717) is 5.92 Å². The highest BCUT2D eigenvalue weighted by molar-refractivity contribution is 5.81. The van der Waals surface area contributed by atoms with Gasteiger partial charge in [0.25, 0.3) is 0 Å². The number of rotatable bonds is 3. The van der Waals surface area contributed by atoms with E-state index >= 15 is 0 Å². The van der Waals surface area contributed by atoms with Gasteiger partial charge in [-0.25, -0.2) is 0 Å². The van der Waals surface area contributed by atoms with E-state index in [1.54, 1.807) is 0 Å². The Morgan fingerprint density at radius 1 is 1.27 bits per heavy atom. The van der Waals surface area contributed by atoms with E-state index in [9.17, 15) is 0 Å². The molecule has 1 aromatic carbocycles. The summed E-state index contributed by atoms with van der Waals surface area (Å²) in [5, 5.41) is 1.25. The number of benzene rings is 1. The lowest BCUT2D eigenvalue weighted by atomic mass is 9.98. The lowest BCUT2D eigenvalue weighted by Gasteiger charge is -2.10. The van der Waals surface area contributed by atoms with Crippen LogP contribution in [0, 0.1) is 5.92 Å². The number of hydrogen-bond acceptors (Lipinski definition) is 2. The SMILES string of the molecule is C[C@@H](CN)Cc1ccnc2ccccc12. The van der Waals surface area contributed by atoms with Gasteiger partial charge in [-0.1, -0.05) is 25.1 Å². The van der Waals surface area contributed by atoms with Crippen molar-refractivity contribution in [1.82, 2.24) is 4.98 Å². The maximum atomic E-state index is 5.65. The van der Waals surface area contributed by atoms with E-state index in [-0.39, 0.29) is 0 Å². The minimum atomic E-state index is 0.524. The molecule has 0 bridgehead atoms. The molecule has 78 valence electrons. The van der Waals surface area contributed by atoms with Crippen LogP contribution in [-0.4, -0.2) is 11.5 Å². The summed E-state index contributed by atoms with van der Waals surface area (Å²) in [6.45, 7) is 2.91. The number of nitrogens with two attached hydrogens (primary N) is 1. The first kappa shape index (κ1) is 10.1. The van der Waals surface area contributed by atoms with Crippen LogP contribution in [0.1, 0.15) is 12.5 Å². The highest BCUT2D eigenvalue weighted by Crippen LogP contribution is 2.18. The van der Waals surface area contributed by atoms with Crippen molar-refractivity contribution in [3.63, 3.8) is 0 Å². The molecule has 2 heteroatoms. The third-order valence-corrected chi connectivity index (χ3v) is 2.71. The van der Waals surface area contributed by atoms with Crippen molar-refractivity contribution in [2.75, 3.05) is 6.54 Å². The predicted molar refractivity (Wildman–Crippen MR) is 63.7 cm³/mol. The molecule has 0 amide bonds. The lowest BCUT2D eigenvalue weighted by Crippen LogP contribution is -2.13. The van der Waals surface area contributed by atoms with Gasteiger partial charge in [-0.05, 0) is 36.6 Å². The van der Waals surface area contributed by atoms with E-state index in [1.165, 1.54) is 10.9 Å². The molecule has 0 saturated heterocycles. The second kappa shape index (κ2) is 4.41. The highest BCUT2D eigenvalue weighted by Gasteiger charge is 2.05. The summed E-state index contributed by atoms with van der Waals surface area (Å²) in [5.41, 5.74) is 8.06. The molecule has 0 aliphatic rings. The molecule has 1 atom stereocenters. The Labute approximate surface area is 90.1 Å². The maximum absolute atomic E-state index is 5.65. The molecular formula is C13H16N2. The van der Waals surface area contributed by atoms with Gasteiger partial charge < -0.3 is 5.73 Å². The van der Waals surface area contributed by atoms with Crippen molar-refractivity contribution in [3.05, 3.63) is 42.1 Å². The summed E-state index contributed by atoms with van der Waals surface area (Å²) in [4.78, 5) is 4.34. The summed E-state index contributed by atoms with van der Waals surface area (Å²) in [7, 11) is 0. The minimum Gasteiger partial charge on any atom is -0.330 e. The number of fused-ring (bicyclic) bond motifs is 1. The van der Waals surface area contributed by atoms with Crippen molar-refractivity contribution in [2.45, 2.75) is 13.3 Å². The van der Waals surface area contributed by atoms with Gasteiger partial charge in [0.1, 0.15) is 0 Å². The second-order valence-electron chi connectivity index (χ2n) is 4.03. The van der Waals surface area contributed by atoms with Gasteiger partial charge in [-0.3, -0.25) is 4.98 Å². The zero-order valence-electron chi connectivity index (χ0n) is 8.98. The number of hydrogen-bond donors (Lipinski definition) is 1. The van der Waals surface area contributed by atoms with Gasteiger partial charge in [0.15, 0.2) is 0 Å². The number of pyridine rings is 1. The molecular weight excluding hydrogens is 184 g/mol.